The van der Waals surface area contributed by atoms with E-state index in [1.54, 1.807) is 6.20 Å². The molecule has 0 bridgehead atoms. The van der Waals surface area contributed by atoms with Crippen LogP contribution in [0.25, 0.3) is 0 Å². The zero-order chi connectivity index (χ0) is 8.81. The summed E-state index contributed by atoms with van der Waals surface area (Å²) in [6, 6.07) is 0. The number of rotatable bonds is 5. The SMILES string of the molecule is C=CCC(CCl)Cc1cnsn1. The molecule has 1 atom stereocenters. The highest BCUT2D eigenvalue weighted by molar-refractivity contribution is 6.99. The predicted octanol–water partition coefficient (Wildman–Crippen LogP) is 2.51. The molecule has 1 aromatic rings. The van der Waals surface area contributed by atoms with Crippen LogP contribution in [-0.4, -0.2) is 14.6 Å². The van der Waals surface area contributed by atoms with Crippen molar-refractivity contribution in [2.75, 3.05) is 5.88 Å². The van der Waals surface area contributed by atoms with Crippen LogP contribution in [0.4, 0.5) is 0 Å². The summed E-state index contributed by atoms with van der Waals surface area (Å²) in [6.45, 7) is 3.69. The fourth-order valence-corrected chi connectivity index (χ4v) is 1.68. The largest absolute Gasteiger partial charge is 0.181 e. The second-order valence-electron chi connectivity index (χ2n) is 2.65. The van der Waals surface area contributed by atoms with Crippen molar-refractivity contribution in [3.63, 3.8) is 0 Å². The summed E-state index contributed by atoms with van der Waals surface area (Å²) < 4.78 is 8.06. The second-order valence-corrected chi connectivity index (χ2v) is 3.51. The van der Waals surface area contributed by atoms with Crippen molar-refractivity contribution in [2.24, 2.45) is 5.92 Å². The molecular weight excluding hydrogens is 192 g/mol. The number of hydrogen-bond acceptors (Lipinski definition) is 3. The van der Waals surface area contributed by atoms with E-state index in [0.29, 0.717) is 11.8 Å². The summed E-state index contributed by atoms with van der Waals surface area (Å²) in [6.07, 6.45) is 5.55. The number of nitrogens with zero attached hydrogens (tertiary/aromatic N) is 2. The van der Waals surface area contributed by atoms with Crippen LogP contribution in [0.15, 0.2) is 18.9 Å². The monoisotopic (exact) mass is 202 g/mol. The number of alkyl halides is 1. The summed E-state index contributed by atoms with van der Waals surface area (Å²) >= 11 is 7.01. The average molecular weight is 203 g/mol. The molecule has 12 heavy (non-hydrogen) atoms. The van der Waals surface area contributed by atoms with E-state index in [-0.39, 0.29) is 0 Å². The zero-order valence-corrected chi connectivity index (χ0v) is 8.31. The van der Waals surface area contributed by atoms with Crippen LogP contribution in [0.2, 0.25) is 0 Å². The number of aromatic nitrogens is 2. The Morgan fingerprint density at radius 2 is 2.58 bits per heavy atom. The molecule has 0 N–H and O–H groups in total. The molecule has 4 heteroatoms. The molecule has 0 amide bonds. The van der Waals surface area contributed by atoms with E-state index >= 15 is 0 Å². The van der Waals surface area contributed by atoms with E-state index in [1.165, 1.54) is 11.7 Å². The Labute approximate surface area is 81.6 Å². The first-order valence-electron chi connectivity index (χ1n) is 3.80. The molecule has 0 radical (unpaired) electrons. The molecule has 0 aliphatic carbocycles. The molecule has 2 nitrogen and oxygen atoms in total. The lowest BCUT2D eigenvalue weighted by atomic mass is 10.0. The van der Waals surface area contributed by atoms with Crippen molar-refractivity contribution in [2.45, 2.75) is 12.8 Å². The Balaban J connectivity index is 2.42. The van der Waals surface area contributed by atoms with Crippen LogP contribution in [0.1, 0.15) is 12.1 Å². The van der Waals surface area contributed by atoms with Crippen LogP contribution >= 0.6 is 23.3 Å². The fraction of sp³-hybridized carbons (Fsp3) is 0.500. The number of hydrogen-bond donors (Lipinski definition) is 0. The first kappa shape index (κ1) is 9.68. The molecule has 1 unspecified atom stereocenters. The van der Waals surface area contributed by atoms with Gasteiger partial charge in [0.2, 0.25) is 0 Å². The van der Waals surface area contributed by atoms with Gasteiger partial charge in [0.15, 0.2) is 0 Å². The summed E-state index contributed by atoms with van der Waals surface area (Å²) in [7, 11) is 0. The summed E-state index contributed by atoms with van der Waals surface area (Å²) in [5, 5.41) is 0. The molecule has 0 saturated heterocycles. The van der Waals surface area contributed by atoms with E-state index < -0.39 is 0 Å². The quantitative estimate of drug-likeness (QED) is 0.542. The van der Waals surface area contributed by atoms with Gasteiger partial charge in [-0.15, -0.1) is 18.2 Å². The van der Waals surface area contributed by atoms with Gasteiger partial charge in [-0.1, -0.05) is 6.08 Å². The minimum absolute atomic E-state index is 0.452. The van der Waals surface area contributed by atoms with Gasteiger partial charge in [-0.05, 0) is 18.8 Å². The second kappa shape index (κ2) is 5.27. The first-order valence-corrected chi connectivity index (χ1v) is 5.06. The summed E-state index contributed by atoms with van der Waals surface area (Å²) in [4.78, 5) is 0. The van der Waals surface area contributed by atoms with Crippen LogP contribution in [-0.2, 0) is 6.42 Å². The molecule has 0 aliphatic rings. The number of allylic oxidation sites excluding steroid dienone is 1. The average Bonchev–Trinajstić information content (AvgIpc) is 2.56. The van der Waals surface area contributed by atoms with Gasteiger partial charge in [-0.2, -0.15) is 8.75 Å². The van der Waals surface area contributed by atoms with E-state index in [1.807, 2.05) is 6.08 Å². The highest BCUT2D eigenvalue weighted by Gasteiger charge is 2.07. The Bertz CT molecular complexity index is 223. The third-order valence-corrected chi connectivity index (χ3v) is 2.58. The van der Waals surface area contributed by atoms with Crippen molar-refractivity contribution in [1.82, 2.24) is 8.75 Å². The standard InChI is InChI=1S/C8H11ClN2S/c1-2-3-7(5-9)4-8-6-10-12-11-8/h2,6-7H,1,3-5H2. The lowest BCUT2D eigenvalue weighted by Crippen LogP contribution is -2.05. The van der Waals surface area contributed by atoms with Crippen LogP contribution in [0.3, 0.4) is 0 Å². The molecule has 0 spiro atoms. The highest BCUT2D eigenvalue weighted by atomic mass is 35.5. The Hall–Kier alpha value is -0.410. The van der Waals surface area contributed by atoms with Crippen molar-refractivity contribution in [3.8, 4) is 0 Å². The molecule has 0 fully saturated rings. The van der Waals surface area contributed by atoms with Gasteiger partial charge >= 0.3 is 0 Å². The first-order chi connectivity index (χ1) is 5.86. The van der Waals surface area contributed by atoms with Gasteiger partial charge in [0.05, 0.1) is 23.6 Å². The maximum absolute atomic E-state index is 5.77. The normalized spacial score (nSPS) is 12.8. The predicted molar refractivity (Wildman–Crippen MR) is 52.6 cm³/mol. The van der Waals surface area contributed by atoms with Crippen LogP contribution < -0.4 is 0 Å². The van der Waals surface area contributed by atoms with Crippen molar-refractivity contribution in [1.29, 1.82) is 0 Å². The molecule has 0 saturated carbocycles. The summed E-state index contributed by atoms with van der Waals surface area (Å²) in [5.74, 6) is 1.11. The third-order valence-electron chi connectivity index (χ3n) is 1.62. The smallest absolute Gasteiger partial charge is 0.0746 e. The van der Waals surface area contributed by atoms with E-state index in [0.717, 1.165) is 18.5 Å². The van der Waals surface area contributed by atoms with Crippen molar-refractivity contribution < 1.29 is 0 Å². The van der Waals surface area contributed by atoms with Crippen molar-refractivity contribution in [3.05, 3.63) is 24.5 Å². The van der Waals surface area contributed by atoms with Gasteiger partial charge in [-0.25, -0.2) is 0 Å². The van der Waals surface area contributed by atoms with Gasteiger partial charge in [0.1, 0.15) is 0 Å². The topological polar surface area (TPSA) is 25.8 Å². The fourth-order valence-electron chi connectivity index (χ4n) is 1.01. The Kier molecular flexibility index (Phi) is 4.25. The minimum Gasteiger partial charge on any atom is -0.181 e. The molecule has 0 aliphatic heterocycles. The van der Waals surface area contributed by atoms with Gasteiger partial charge in [-0.3, -0.25) is 0 Å². The molecule has 1 aromatic heterocycles. The summed E-state index contributed by atoms with van der Waals surface area (Å²) in [5.41, 5.74) is 1.03. The maximum Gasteiger partial charge on any atom is 0.0746 e. The van der Waals surface area contributed by atoms with Crippen LogP contribution in [0, 0.1) is 5.92 Å². The molecule has 66 valence electrons. The Morgan fingerprint density at radius 3 is 3.08 bits per heavy atom. The zero-order valence-electron chi connectivity index (χ0n) is 6.74. The maximum atomic E-state index is 5.77. The van der Waals surface area contributed by atoms with Gasteiger partial charge in [0.25, 0.3) is 0 Å². The molecule has 1 rings (SSSR count). The van der Waals surface area contributed by atoms with Crippen molar-refractivity contribution >= 4 is 23.3 Å². The molecular formula is C8H11ClN2S. The van der Waals surface area contributed by atoms with E-state index in [9.17, 15) is 0 Å². The lowest BCUT2D eigenvalue weighted by molar-refractivity contribution is 0.591. The van der Waals surface area contributed by atoms with E-state index in [4.69, 9.17) is 11.6 Å². The minimum atomic E-state index is 0.452. The Morgan fingerprint density at radius 1 is 1.75 bits per heavy atom. The molecule has 1 heterocycles. The molecule has 0 aromatic carbocycles. The number of halogens is 1. The highest BCUT2D eigenvalue weighted by Crippen LogP contribution is 2.12. The van der Waals surface area contributed by atoms with Gasteiger partial charge in [0, 0.05) is 5.88 Å². The van der Waals surface area contributed by atoms with Gasteiger partial charge < -0.3 is 0 Å². The van der Waals surface area contributed by atoms with Crippen LogP contribution in [0.5, 0.6) is 0 Å². The third kappa shape index (κ3) is 2.91. The van der Waals surface area contributed by atoms with E-state index in [2.05, 4.69) is 15.3 Å². The lowest BCUT2D eigenvalue weighted by Gasteiger charge is -2.07.